The van der Waals surface area contributed by atoms with Gasteiger partial charge in [0, 0.05) is 30.7 Å². The molecule has 0 aliphatic heterocycles. The Kier molecular flexibility index (Phi) is 6.99. The smallest absolute Gasteiger partial charge is 0.264 e. The van der Waals surface area contributed by atoms with Crippen molar-refractivity contribution in [3.8, 4) is 5.75 Å². The zero-order valence-electron chi connectivity index (χ0n) is 16.7. The Morgan fingerprint density at radius 3 is 2.70 bits per heavy atom. The summed E-state index contributed by atoms with van der Waals surface area (Å²) in [5.41, 5.74) is 1.04. The Labute approximate surface area is 175 Å². The van der Waals surface area contributed by atoms with Crippen molar-refractivity contribution in [2.75, 3.05) is 27.3 Å². The van der Waals surface area contributed by atoms with Crippen LogP contribution >= 0.6 is 0 Å². The van der Waals surface area contributed by atoms with E-state index in [0.717, 1.165) is 15.4 Å². The summed E-state index contributed by atoms with van der Waals surface area (Å²) in [6.45, 7) is 0.787. The number of carbonyl (C=O) groups excluding carboxylic acids is 1. The second-order valence-electron chi connectivity index (χ2n) is 6.41. The Bertz CT molecular complexity index is 1130. The maximum atomic E-state index is 12.4. The zero-order valence-corrected chi connectivity index (χ0v) is 17.6. The summed E-state index contributed by atoms with van der Waals surface area (Å²) in [7, 11) is -1.28. The fraction of sp³-hybridized carbons (Fsp3) is 0.238. The summed E-state index contributed by atoms with van der Waals surface area (Å²) in [4.78, 5) is 21.4. The van der Waals surface area contributed by atoms with Gasteiger partial charge in [0.1, 0.15) is 11.3 Å². The third kappa shape index (κ3) is 4.93. The van der Waals surface area contributed by atoms with Gasteiger partial charge in [-0.1, -0.05) is 28.7 Å². The maximum Gasteiger partial charge on any atom is 0.264 e. The quantitative estimate of drug-likeness (QED) is 0.415. The number of hydrogen-bond donors (Lipinski definition) is 1. The van der Waals surface area contributed by atoms with E-state index < -0.39 is 10.0 Å². The molecular formula is C21H23N3O5S. The number of nitrogens with one attached hydrogen (secondary N) is 1. The summed E-state index contributed by atoms with van der Waals surface area (Å²) in [6.07, 6.45) is 2.30. The predicted molar refractivity (Wildman–Crippen MR) is 113 cm³/mol. The van der Waals surface area contributed by atoms with Crippen LogP contribution in [0.5, 0.6) is 5.75 Å². The van der Waals surface area contributed by atoms with Gasteiger partial charge in [-0.15, -0.1) is 0 Å². The van der Waals surface area contributed by atoms with Crippen molar-refractivity contribution in [3.05, 3.63) is 66.4 Å². The number of nitrogens with zero attached hydrogens (tertiary/aromatic N) is 2. The van der Waals surface area contributed by atoms with Crippen molar-refractivity contribution in [2.45, 2.75) is 11.3 Å². The van der Waals surface area contributed by atoms with Gasteiger partial charge in [0.2, 0.25) is 0 Å². The van der Waals surface area contributed by atoms with Gasteiger partial charge in [-0.05, 0) is 36.8 Å². The van der Waals surface area contributed by atoms with E-state index in [1.807, 2.05) is 30.3 Å². The Morgan fingerprint density at radius 1 is 1.13 bits per heavy atom. The molecule has 0 unspecified atom stereocenters. The van der Waals surface area contributed by atoms with E-state index in [1.165, 1.54) is 32.4 Å². The molecule has 0 aliphatic rings. The lowest BCUT2D eigenvalue weighted by Gasteiger charge is -2.14. The molecule has 3 rings (SSSR count). The van der Waals surface area contributed by atoms with E-state index in [4.69, 9.17) is 9.57 Å². The minimum Gasteiger partial charge on any atom is -0.491 e. The van der Waals surface area contributed by atoms with Crippen molar-refractivity contribution in [1.29, 1.82) is 0 Å². The summed E-state index contributed by atoms with van der Waals surface area (Å²) in [5, 5.41) is 3.77. The van der Waals surface area contributed by atoms with Crippen LogP contribution in [0.15, 0.2) is 65.7 Å². The highest BCUT2D eigenvalue weighted by Crippen LogP contribution is 2.23. The molecule has 30 heavy (non-hydrogen) atoms. The number of ether oxygens (including phenoxy) is 1. The van der Waals surface area contributed by atoms with Gasteiger partial charge >= 0.3 is 0 Å². The second kappa shape index (κ2) is 9.66. The monoisotopic (exact) mass is 429 g/mol. The summed E-state index contributed by atoms with van der Waals surface area (Å²) in [5.74, 6) is 0.332. The third-order valence-corrected chi connectivity index (χ3v) is 6.13. The number of pyridine rings is 1. The molecule has 158 valence electrons. The highest BCUT2D eigenvalue weighted by molar-refractivity contribution is 7.89. The number of fused-ring (bicyclic) bond motifs is 1. The van der Waals surface area contributed by atoms with Gasteiger partial charge in [0.15, 0.2) is 0 Å². The fourth-order valence-electron chi connectivity index (χ4n) is 2.80. The first-order valence-electron chi connectivity index (χ1n) is 9.31. The first-order valence-corrected chi connectivity index (χ1v) is 10.8. The maximum absolute atomic E-state index is 12.4. The molecule has 9 heteroatoms. The molecule has 0 spiro atoms. The van der Waals surface area contributed by atoms with Crippen LogP contribution in [0.1, 0.15) is 16.8 Å². The predicted octanol–water partition coefficient (Wildman–Crippen LogP) is 2.62. The van der Waals surface area contributed by atoms with Gasteiger partial charge in [-0.2, -0.15) is 0 Å². The van der Waals surface area contributed by atoms with Crippen molar-refractivity contribution < 1.29 is 22.8 Å². The Hall–Kier alpha value is -3.01. The molecule has 0 bridgehead atoms. The van der Waals surface area contributed by atoms with Gasteiger partial charge in [0.25, 0.3) is 15.9 Å². The Morgan fingerprint density at radius 2 is 1.90 bits per heavy atom. The van der Waals surface area contributed by atoms with Crippen LogP contribution < -0.4 is 10.1 Å². The molecule has 0 radical (unpaired) electrons. The first-order chi connectivity index (χ1) is 14.4. The van der Waals surface area contributed by atoms with E-state index in [1.54, 1.807) is 12.3 Å². The zero-order chi connectivity index (χ0) is 21.6. The molecule has 0 saturated carbocycles. The average molecular weight is 429 g/mol. The number of carbonyl (C=O) groups is 1. The van der Waals surface area contributed by atoms with Crippen LogP contribution in [0.3, 0.4) is 0 Å². The number of amides is 1. The van der Waals surface area contributed by atoms with Crippen LogP contribution in [0.2, 0.25) is 0 Å². The molecule has 2 aromatic carbocycles. The molecule has 1 heterocycles. The van der Waals surface area contributed by atoms with Gasteiger partial charge < -0.3 is 10.1 Å². The van der Waals surface area contributed by atoms with E-state index in [9.17, 15) is 13.2 Å². The third-order valence-electron chi connectivity index (χ3n) is 4.45. The molecular weight excluding hydrogens is 406 g/mol. The normalized spacial score (nSPS) is 11.6. The lowest BCUT2D eigenvalue weighted by Crippen LogP contribution is -2.27. The highest BCUT2D eigenvalue weighted by Gasteiger charge is 2.21. The number of rotatable bonds is 9. The number of sulfonamides is 1. The molecule has 3 aromatic rings. The van der Waals surface area contributed by atoms with Crippen molar-refractivity contribution in [2.24, 2.45) is 0 Å². The molecule has 1 aromatic heterocycles. The van der Waals surface area contributed by atoms with Crippen molar-refractivity contribution in [1.82, 2.24) is 14.8 Å². The van der Waals surface area contributed by atoms with E-state index in [-0.39, 0.29) is 16.4 Å². The standard InChI is InChI=1S/C21H23N3O5S/c1-24(28-2)30(26,27)18-10-3-8-17(15-18)21(25)23-13-6-14-29-19-11-4-7-16-9-5-12-22-20(16)19/h3-5,7-12,15H,6,13-14H2,1-2H3,(H,23,25). The molecule has 0 aliphatic carbocycles. The summed E-state index contributed by atoms with van der Waals surface area (Å²) >= 11 is 0. The van der Waals surface area contributed by atoms with Crippen molar-refractivity contribution in [3.63, 3.8) is 0 Å². The van der Waals surface area contributed by atoms with Crippen LogP contribution in [0.25, 0.3) is 10.9 Å². The SMILES string of the molecule is CON(C)S(=O)(=O)c1cccc(C(=O)NCCCOc2cccc3cccnc23)c1. The van der Waals surface area contributed by atoms with Gasteiger partial charge in [-0.3, -0.25) is 14.6 Å². The second-order valence-corrected chi connectivity index (χ2v) is 8.35. The number of aromatic nitrogens is 1. The van der Waals surface area contributed by atoms with E-state index >= 15 is 0 Å². The topological polar surface area (TPSA) is 97.8 Å². The number of hydrogen-bond acceptors (Lipinski definition) is 6. The highest BCUT2D eigenvalue weighted by atomic mass is 32.2. The molecule has 0 fully saturated rings. The van der Waals surface area contributed by atoms with Crippen LogP contribution in [0, 0.1) is 0 Å². The van der Waals surface area contributed by atoms with Crippen molar-refractivity contribution >= 4 is 26.8 Å². The molecule has 0 saturated heterocycles. The Balaban J connectivity index is 1.53. The molecule has 8 nitrogen and oxygen atoms in total. The first kappa shape index (κ1) is 21.7. The summed E-state index contributed by atoms with van der Waals surface area (Å²) in [6, 6.07) is 15.4. The van der Waals surface area contributed by atoms with Crippen LogP contribution in [-0.4, -0.2) is 51.1 Å². The minimum atomic E-state index is -3.82. The fourth-order valence-corrected chi connectivity index (χ4v) is 3.81. The van der Waals surface area contributed by atoms with E-state index in [2.05, 4.69) is 10.3 Å². The number of para-hydroxylation sites is 1. The van der Waals surface area contributed by atoms with Crippen LogP contribution in [0.4, 0.5) is 0 Å². The van der Waals surface area contributed by atoms with E-state index in [0.29, 0.717) is 25.3 Å². The lowest BCUT2D eigenvalue weighted by atomic mass is 10.2. The average Bonchev–Trinajstić information content (AvgIpc) is 2.78. The number of benzene rings is 2. The molecule has 0 atom stereocenters. The molecule has 1 amide bonds. The van der Waals surface area contributed by atoms with Crippen LogP contribution in [-0.2, 0) is 14.9 Å². The molecule has 1 N–H and O–H groups in total. The number of hydroxylamine groups is 1. The largest absolute Gasteiger partial charge is 0.491 e. The lowest BCUT2D eigenvalue weighted by molar-refractivity contribution is -0.0258. The summed E-state index contributed by atoms with van der Waals surface area (Å²) < 4.78 is 31.2. The van der Waals surface area contributed by atoms with Gasteiger partial charge in [-0.25, -0.2) is 8.42 Å². The minimum absolute atomic E-state index is 0.0220. The van der Waals surface area contributed by atoms with Gasteiger partial charge in [0.05, 0.1) is 18.6 Å².